The van der Waals surface area contributed by atoms with Crippen LogP contribution in [0.2, 0.25) is 0 Å². The molecule has 0 amide bonds. The maximum Gasteiger partial charge on any atom is 0.0544 e. The van der Waals surface area contributed by atoms with Crippen LogP contribution in [0.15, 0.2) is 0 Å². The molecule has 0 radical (unpaired) electrons. The van der Waals surface area contributed by atoms with Crippen LogP contribution in [0, 0.1) is 5.92 Å². The van der Waals surface area contributed by atoms with E-state index in [1.807, 2.05) is 0 Å². The van der Waals surface area contributed by atoms with Crippen molar-refractivity contribution in [3.8, 4) is 0 Å². The third-order valence-corrected chi connectivity index (χ3v) is 1.29. The normalized spacial score (nSPS) is 14.3. The largest absolute Gasteiger partial charge is 0.378 e. The topological polar surface area (TPSA) is 9.23 Å². The third-order valence-electron chi connectivity index (χ3n) is 1.29. The number of hydrogen-bond acceptors (Lipinski definition) is 1. The van der Waals surface area contributed by atoms with E-state index in [2.05, 4.69) is 27.7 Å². The molecule has 0 N–H and O–H groups in total. The Labute approximate surface area is 58.4 Å². The molecule has 0 rings (SSSR count). The minimum Gasteiger partial charge on any atom is -0.378 e. The van der Waals surface area contributed by atoms with Gasteiger partial charge >= 0.3 is 0 Å². The van der Waals surface area contributed by atoms with Gasteiger partial charge in [0.15, 0.2) is 0 Å². The molecule has 0 aliphatic rings. The maximum atomic E-state index is 5.45. The number of rotatable bonds is 4. The fourth-order valence-corrected chi connectivity index (χ4v) is 0.475. The molecule has 0 saturated heterocycles. The Kier molecular flexibility index (Phi) is 4.78. The lowest BCUT2D eigenvalue weighted by atomic mass is 10.2. The number of ether oxygens (including phenoxy) is 1. The summed E-state index contributed by atoms with van der Waals surface area (Å²) < 4.78 is 5.45. The standard InChI is InChI=1S/C8H18O/c1-5-8(4)9-6-7(2)3/h7-8H,5-6H2,1-4H3/t8-/m1/s1. The van der Waals surface area contributed by atoms with E-state index in [0.29, 0.717) is 12.0 Å². The van der Waals surface area contributed by atoms with E-state index in [1.165, 1.54) is 0 Å². The van der Waals surface area contributed by atoms with Gasteiger partial charge in [0.2, 0.25) is 0 Å². The van der Waals surface area contributed by atoms with Crippen LogP contribution in [0.3, 0.4) is 0 Å². The molecular weight excluding hydrogens is 112 g/mol. The average molecular weight is 130 g/mol. The van der Waals surface area contributed by atoms with Crippen molar-refractivity contribution in [2.75, 3.05) is 6.61 Å². The molecular formula is C8H18O. The van der Waals surface area contributed by atoms with Gasteiger partial charge in [-0.1, -0.05) is 20.8 Å². The van der Waals surface area contributed by atoms with Gasteiger partial charge in [-0.15, -0.1) is 0 Å². The van der Waals surface area contributed by atoms with Gasteiger partial charge in [0.1, 0.15) is 0 Å². The molecule has 0 fully saturated rings. The fourth-order valence-electron chi connectivity index (χ4n) is 0.475. The van der Waals surface area contributed by atoms with Crippen molar-refractivity contribution in [1.29, 1.82) is 0 Å². The molecule has 0 saturated carbocycles. The van der Waals surface area contributed by atoms with Crippen LogP contribution in [0.5, 0.6) is 0 Å². The van der Waals surface area contributed by atoms with Crippen LogP contribution in [0.1, 0.15) is 34.1 Å². The molecule has 0 unspecified atom stereocenters. The van der Waals surface area contributed by atoms with Gasteiger partial charge in [0.05, 0.1) is 6.10 Å². The van der Waals surface area contributed by atoms with Crippen molar-refractivity contribution in [2.24, 2.45) is 5.92 Å². The smallest absolute Gasteiger partial charge is 0.0544 e. The molecule has 1 nitrogen and oxygen atoms in total. The van der Waals surface area contributed by atoms with Gasteiger partial charge in [0, 0.05) is 6.61 Å². The minimum absolute atomic E-state index is 0.437. The van der Waals surface area contributed by atoms with Crippen LogP contribution >= 0.6 is 0 Å². The Morgan fingerprint density at radius 3 is 2.11 bits per heavy atom. The molecule has 9 heavy (non-hydrogen) atoms. The molecule has 0 aromatic heterocycles. The summed E-state index contributed by atoms with van der Waals surface area (Å²) in [5.74, 6) is 0.666. The second-order valence-electron chi connectivity index (χ2n) is 2.95. The predicted octanol–water partition coefficient (Wildman–Crippen LogP) is 2.46. The highest BCUT2D eigenvalue weighted by molar-refractivity contribution is 4.46. The molecule has 0 heterocycles. The Balaban J connectivity index is 3.06. The molecule has 0 spiro atoms. The first-order valence-corrected chi connectivity index (χ1v) is 3.78. The van der Waals surface area contributed by atoms with Crippen LogP contribution in [-0.4, -0.2) is 12.7 Å². The SMILES string of the molecule is CC[C@@H](C)OCC(C)C. The highest BCUT2D eigenvalue weighted by atomic mass is 16.5. The fraction of sp³-hybridized carbons (Fsp3) is 1.00. The summed E-state index contributed by atoms with van der Waals surface area (Å²) in [5, 5.41) is 0. The van der Waals surface area contributed by atoms with Gasteiger partial charge < -0.3 is 4.74 Å². The van der Waals surface area contributed by atoms with Crippen molar-refractivity contribution in [1.82, 2.24) is 0 Å². The van der Waals surface area contributed by atoms with Gasteiger partial charge in [-0.25, -0.2) is 0 Å². The van der Waals surface area contributed by atoms with Gasteiger partial charge in [-0.3, -0.25) is 0 Å². The monoisotopic (exact) mass is 130 g/mol. The van der Waals surface area contributed by atoms with Gasteiger partial charge in [-0.2, -0.15) is 0 Å². The summed E-state index contributed by atoms with van der Waals surface area (Å²) in [6.07, 6.45) is 1.56. The quantitative estimate of drug-likeness (QED) is 0.568. The van der Waals surface area contributed by atoms with Crippen LogP contribution in [0.25, 0.3) is 0 Å². The highest BCUT2D eigenvalue weighted by Crippen LogP contribution is 1.99. The first kappa shape index (κ1) is 8.96. The lowest BCUT2D eigenvalue weighted by Crippen LogP contribution is -2.10. The summed E-state index contributed by atoms with van der Waals surface area (Å²) in [6.45, 7) is 9.49. The van der Waals surface area contributed by atoms with Crippen molar-refractivity contribution in [2.45, 2.75) is 40.2 Å². The van der Waals surface area contributed by atoms with Crippen molar-refractivity contribution >= 4 is 0 Å². The van der Waals surface area contributed by atoms with E-state index in [-0.39, 0.29) is 0 Å². The van der Waals surface area contributed by atoms with Crippen molar-refractivity contribution < 1.29 is 4.74 Å². The summed E-state index contributed by atoms with van der Waals surface area (Å²) in [4.78, 5) is 0. The van der Waals surface area contributed by atoms with E-state index >= 15 is 0 Å². The van der Waals surface area contributed by atoms with Gasteiger partial charge in [-0.05, 0) is 19.3 Å². The Morgan fingerprint density at radius 2 is 1.78 bits per heavy atom. The molecule has 0 aliphatic carbocycles. The zero-order valence-corrected chi connectivity index (χ0v) is 6.98. The minimum atomic E-state index is 0.437. The summed E-state index contributed by atoms with van der Waals surface area (Å²) in [6, 6.07) is 0. The van der Waals surface area contributed by atoms with Crippen LogP contribution in [-0.2, 0) is 4.74 Å². The maximum absolute atomic E-state index is 5.45. The average Bonchev–Trinajstić information content (AvgIpc) is 1.83. The highest BCUT2D eigenvalue weighted by Gasteiger charge is 1.98. The Bertz CT molecular complexity index is 59.6. The molecule has 1 atom stereocenters. The second-order valence-corrected chi connectivity index (χ2v) is 2.95. The summed E-state index contributed by atoms with van der Waals surface area (Å²) in [5.41, 5.74) is 0. The summed E-state index contributed by atoms with van der Waals surface area (Å²) >= 11 is 0. The second kappa shape index (κ2) is 4.80. The first-order valence-electron chi connectivity index (χ1n) is 3.78. The van der Waals surface area contributed by atoms with Gasteiger partial charge in [0.25, 0.3) is 0 Å². The van der Waals surface area contributed by atoms with Crippen molar-refractivity contribution in [3.63, 3.8) is 0 Å². The van der Waals surface area contributed by atoms with Crippen molar-refractivity contribution in [3.05, 3.63) is 0 Å². The van der Waals surface area contributed by atoms with Crippen LogP contribution in [0.4, 0.5) is 0 Å². The van der Waals surface area contributed by atoms with E-state index in [4.69, 9.17) is 4.74 Å². The van der Waals surface area contributed by atoms with E-state index in [0.717, 1.165) is 13.0 Å². The van der Waals surface area contributed by atoms with Crippen LogP contribution < -0.4 is 0 Å². The third kappa shape index (κ3) is 5.84. The summed E-state index contributed by atoms with van der Waals surface area (Å²) in [7, 11) is 0. The molecule has 0 aliphatic heterocycles. The van der Waals surface area contributed by atoms with E-state index < -0.39 is 0 Å². The van der Waals surface area contributed by atoms with E-state index in [1.54, 1.807) is 0 Å². The van der Waals surface area contributed by atoms with E-state index in [9.17, 15) is 0 Å². The lowest BCUT2D eigenvalue weighted by Gasteiger charge is -2.11. The Hall–Kier alpha value is -0.0400. The zero-order chi connectivity index (χ0) is 7.28. The molecule has 0 aromatic rings. The first-order chi connectivity index (χ1) is 4.16. The molecule has 1 heteroatoms. The molecule has 0 aromatic carbocycles. The molecule has 56 valence electrons. The number of hydrogen-bond donors (Lipinski definition) is 0. The predicted molar refractivity (Wildman–Crippen MR) is 40.5 cm³/mol. The molecule has 0 bridgehead atoms. The zero-order valence-electron chi connectivity index (χ0n) is 6.98. The lowest BCUT2D eigenvalue weighted by molar-refractivity contribution is 0.0455. The Morgan fingerprint density at radius 1 is 1.22 bits per heavy atom.